The maximum Gasteiger partial charge on any atom is 0.221 e. The number of ketones is 1. The molecular weight excluding hydrogens is 310 g/mol. The number of fused-ring (bicyclic) bond motifs is 1. The SMILES string of the molecule is CC(=O)[C@@]1(n2cnc3c(N)ncnc32)O[C@H](CO)[C@@H](O)[C@H]1S. The third-order valence-corrected chi connectivity index (χ3v) is 4.50. The normalized spacial score (nSPS) is 31.7. The van der Waals surface area contributed by atoms with Crippen LogP contribution in [0.25, 0.3) is 11.2 Å². The molecule has 2 aromatic heterocycles. The van der Waals surface area contributed by atoms with Gasteiger partial charge in [0.2, 0.25) is 5.72 Å². The molecule has 0 aliphatic carbocycles. The molecule has 118 valence electrons. The fraction of sp³-hybridized carbons (Fsp3) is 0.500. The summed E-state index contributed by atoms with van der Waals surface area (Å²) in [5, 5.41) is 18.6. The summed E-state index contributed by atoms with van der Waals surface area (Å²) in [4.78, 5) is 24.3. The lowest BCUT2D eigenvalue weighted by Gasteiger charge is -2.31. The lowest BCUT2D eigenvalue weighted by Crippen LogP contribution is -2.48. The van der Waals surface area contributed by atoms with E-state index in [9.17, 15) is 15.0 Å². The van der Waals surface area contributed by atoms with Crippen LogP contribution in [0.3, 0.4) is 0 Å². The van der Waals surface area contributed by atoms with E-state index in [1.54, 1.807) is 0 Å². The molecule has 1 fully saturated rings. The van der Waals surface area contributed by atoms with E-state index in [1.165, 1.54) is 24.1 Å². The van der Waals surface area contributed by atoms with Crippen LogP contribution in [0.15, 0.2) is 12.7 Å². The number of carbonyl (C=O) groups excluding carboxylic acids is 1. The van der Waals surface area contributed by atoms with Crippen LogP contribution in [0.1, 0.15) is 6.92 Å². The Balaban J connectivity index is 2.24. The average molecular weight is 325 g/mol. The van der Waals surface area contributed by atoms with Crippen molar-refractivity contribution in [1.82, 2.24) is 19.5 Å². The smallest absolute Gasteiger partial charge is 0.221 e. The first kappa shape index (κ1) is 15.2. The maximum absolute atomic E-state index is 12.3. The van der Waals surface area contributed by atoms with Gasteiger partial charge >= 0.3 is 0 Å². The van der Waals surface area contributed by atoms with Crippen molar-refractivity contribution in [3.8, 4) is 0 Å². The number of aliphatic hydroxyl groups is 2. The first-order chi connectivity index (χ1) is 10.4. The standard InChI is InChI=1S/C12H15N5O4S/c1-5(19)12(9(22)8(20)6(2-18)21-12)17-4-16-7-10(13)14-3-15-11(7)17/h3-4,6,8-9,18,20,22H,2H2,1H3,(H2,13,14,15)/t6-,8-,9-,12-/m1/s1. The number of aromatic nitrogens is 4. The largest absolute Gasteiger partial charge is 0.394 e. The van der Waals surface area contributed by atoms with Gasteiger partial charge in [0, 0.05) is 0 Å². The molecule has 0 unspecified atom stereocenters. The van der Waals surface area contributed by atoms with Crippen LogP contribution in [-0.2, 0) is 15.3 Å². The predicted molar refractivity (Wildman–Crippen MR) is 79.1 cm³/mol. The van der Waals surface area contributed by atoms with Gasteiger partial charge in [0.25, 0.3) is 0 Å². The van der Waals surface area contributed by atoms with Gasteiger partial charge in [-0.25, -0.2) is 15.0 Å². The van der Waals surface area contributed by atoms with Crippen LogP contribution in [0.5, 0.6) is 0 Å². The number of Topliss-reactive ketones (excluding diaryl/α,β-unsaturated/α-hetero) is 1. The molecule has 4 N–H and O–H groups in total. The van der Waals surface area contributed by atoms with Gasteiger partial charge in [-0.3, -0.25) is 9.36 Å². The van der Waals surface area contributed by atoms with Crippen LogP contribution in [0.2, 0.25) is 0 Å². The van der Waals surface area contributed by atoms with Crippen molar-refractivity contribution >= 4 is 35.4 Å². The number of nitrogen functional groups attached to an aromatic ring is 1. The molecule has 2 aromatic rings. The van der Waals surface area contributed by atoms with Gasteiger partial charge in [0.1, 0.15) is 17.9 Å². The number of nitrogens with two attached hydrogens (primary N) is 1. The van der Waals surface area contributed by atoms with Crippen molar-refractivity contribution in [2.24, 2.45) is 0 Å². The monoisotopic (exact) mass is 325 g/mol. The van der Waals surface area contributed by atoms with E-state index in [0.717, 1.165) is 0 Å². The fourth-order valence-electron chi connectivity index (χ4n) is 2.71. The molecule has 0 radical (unpaired) electrons. The van der Waals surface area contributed by atoms with Crippen LogP contribution in [0, 0.1) is 0 Å². The van der Waals surface area contributed by atoms with Crippen LogP contribution < -0.4 is 5.73 Å². The minimum absolute atomic E-state index is 0.162. The second kappa shape index (κ2) is 5.16. The highest BCUT2D eigenvalue weighted by Crippen LogP contribution is 2.41. The quantitative estimate of drug-likeness (QED) is 0.511. The third-order valence-electron chi connectivity index (χ3n) is 3.84. The van der Waals surface area contributed by atoms with Crippen molar-refractivity contribution in [3.63, 3.8) is 0 Å². The van der Waals surface area contributed by atoms with Crippen molar-refractivity contribution < 1.29 is 19.7 Å². The number of imidazole rings is 1. The number of ether oxygens (including phenoxy) is 1. The summed E-state index contributed by atoms with van der Waals surface area (Å²) in [6.07, 6.45) is 0.510. The van der Waals surface area contributed by atoms with Gasteiger partial charge < -0.3 is 20.7 Å². The molecule has 0 aromatic carbocycles. The van der Waals surface area contributed by atoms with E-state index in [1.807, 2.05) is 0 Å². The Morgan fingerprint density at radius 3 is 2.86 bits per heavy atom. The lowest BCUT2D eigenvalue weighted by atomic mass is 10.0. The molecule has 1 aliphatic heterocycles. The van der Waals surface area contributed by atoms with E-state index in [0.29, 0.717) is 5.52 Å². The van der Waals surface area contributed by atoms with Gasteiger partial charge in [-0.05, 0) is 6.92 Å². The topological polar surface area (TPSA) is 136 Å². The van der Waals surface area contributed by atoms with Crippen molar-refractivity contribution in [2.75, 3.05) is 12.3 Å². The van der Waals surface area contributed by atoms with Gasteiger partial charge in [0.05, 0.1) is 24.3 Å². The molecular formula is C12H15N5O4S. The summed E-state index contributed by atoms with van der Waals surface area (Å²) < 4.78 is 7.05. The van der Waals surface area contributed by atoms with Gasteiger partial charge in [0.15, 0.2) is 17.2 Å². The summed E-state index contributed by atoms with van der Waals surface area (Å²) in [5.41, 5.74) is 4.71. The second-order valence-corrected chi connectivity index (χ2v) is 5.63. The summed E-state index contributed by atoms with van der Waals surface area (Å²) in [7, 11) is 0. The molecule has 9 nitrogen and oxygen atoms in total. The molecule has 22 heavy (non-hydrogen) atoms. The Kier molecular flexibility index (Phi) is 3.56. The molecule has 0 spiro atoms. The maximum atomic E-state index is 12.3. The Hall–Kier alpha value is -1.75. The number of nitrogens with zero attached hydrogens (tertiary/aromatic N) is 4. The number of hydrogen-bond donors (Lipinski definition) is 4. The molecule has 3 rings (SSSR count). The molecule has 1 aliphatic rings. The highest BCUT2D eigenvalue weighted by atomic mass is 32.1. The molecule has 3 heterocycles. The Bertz CT molecular complexity index is 737. The van der Waals surface area contributed by atoms with Crippen LogP contribution >= 0.6 is 12.6 Å². The summed E-state index contributed by atoms with van der Waals surface area (Å²) >= 11 is 4.33. The first-order valence-corrected chi connectivity index (χ1v) is 7.05. The second-order valence-electron chi connectivity index (χ2n) is 5.07. The molecule has 0 amide bonds. The number of anilines is 1. The number of thiol groups is 1. The zero-order valence-electron chi connectivity index (χ0n) is 11.6. The highest BCUT2D eigenvalue weighted by molar-refractivity contribution is 7.81. The van der Waals surface area contributed by atoms with E-state index in [4.69, 9.17) is 10.5 Å². The molecule has 10 heteroatoms. The van der Waals surface area contributed by atoms with Crippen molar-refractivity contribution in [1.29, 1.82) is 0 Å². The number of aliphatic hydroxyl groups excluding tert-OH is 2. The molecule has 4 atom stereocenters. The van der Waals surface area contributed by atoms with Gasteiger partial charge in [-0.2, -0.15) is 12.6 Å². The Morgan fingerprint density at radius 2 is 2.27 bits per heavy atom. The summed E-state index contributed by atoms with van der Waals surface area (Å²) in [5.74, 6) is -0.241. The third kappa shape index (κ3) is 1.85. The highest BCUT2D eigenvalue weighted by Gasteiger charge is 2.58. The number of carbonyl (C=O) groups is 1. The summed E-state index contributed by atoms with van der Waals surface area (Å²) in [6.45, 7) is 0.864. The number of rotatable bonds is 3. The first-order valence-electron chi connectivity index (χ1n) is 6.53. The molecule has 1 saturated heterocycles. The van der Waals surface area contributed by atoms with Crippen molar-refractivity contribution in [3.05, 3.63) is 12.7 Å². The average Bonchev–Trinajstić information content (AvgIpc) is 3.02. The minimum Gasteiger partial charge on any atom is -0.394 e. The van der Waals surface area contributed by atoms with Gasteiger partial charge in [-0.15, -0.1) is 0 Å². The van der Waals surface area contributed by atoms with Gasteiger partial charge in [-0.1, -0.05) is 0 Å². The molecule has 0 bridgehead atoms. The van der Waals surface area contributed by atoms with E-state index in [-0.39, 0.29) is 11.5 Å². The van der Waals surface area contributed by atoms with Crippen LogP contribution in [0.4, 0.5) is 5.82 Å². The van der Waals surface area contributed by atoms with E-state index < -0.39 is 35.6 Å². The zero-order valence-corrected chi connectivity index (χ0v) is 12.5. The summed E-state index contributed by atoms with van der Waals surface area (Å²) in [6, 6.07) is 0. The Morgan fingerprint density at radius 1 is 1.55 bits per heavy atom. The molecule has 0 saturated carbocycles. The number of hydrogen-bond acceptors (Lipinski definition) is 9. The van der Waals surface area contributed by atoms with E-state index in [2.05, 4.69) is 27.6 Å². The Labute approximate surface area is 130 Å². The van der Waals surface area contributed by atoms with Crippen molar-refractivity contribution in [2.45, 2.75) is 30.1 Å². The minimum atomic E-state index is -1.63. The lowest BCUT2D eigenvalue weighted by molar-refractivity contribution is -0.157. The predicted octanol–water partition coefficient (Wildman–Crippen LogP) is -1.30. The van der Waals surface area contributed by atoms with Crippen LogP contribution in [-0.4, -0.2) is 59.6 Å². The zero-order chi connectivity index (χ0) is 16.1. The fourth-order valence-corrected chi connectivity index (χ4v) is 3.27. The van der Waals surface area contributed by atoms with E-state index >= 15 is 0 Å².